The quantitative estimate of drug-likeness (QED) is 0.906. The molecule has 21 heavy (non-hydrogen) atoms. The molecule has 0 spiro atoms. The zero-order valence-electron chi connectivity index (χ0n) is 12.5. The maximum Gasteiger partial charge on any atom is 0.243 e. The largest absolute Gasteiger partial charge is 0.314 e. The molecule has 0 aliphatic carbocycles. The van der Waals surface area contributed by atoms with Crippen molar-refractivity contribution in [2.24, 2.45) is 5.92 Å². The van der Waals surface area contributed by atoms with E-state index in [1.807, 2.05) is 6.92 Å². The second-order valence-corrected chi connectivity index (χ2v) is 7.51. The van der Waals surface area contributed by atoms with Crippen molar-refractivity contribution in [3.05, 3.63) is 30.1 Å². The summed E-state index contributed by atoms with van der Waals surface area (Å²) in [6, 6.07) is 5.51. The van der Waals surface area contributed by atoms with Crippen LogP contribution in [0.5, 0.6) is 0 Å². The van der Waals surface area contributed by atoms with Gasteiger partial charge in [-0.25, -0.2) is 12.8 Å². The number of sulfonamides is 1. The lowest BCUT2D eigenvalue weighted by Crippen LogP contribution is -2.46. The van der Waals surface area contributed by atoms with Crippen molar-refractivity contribution >= 4 is 10.0 Å². The molecular formula is C15H23FN2O2S. The zero-order valence-corrected chi connectivity index (χ0v) is 13.4. The zero-order chi connectivity index (χ0) is 15.5. The third kappa shape index (κ3) is 3.81. The number of nitrogens with zero attached hydrogens (tertiary/aromatic N) is 1. The molecule has 6 heteroatoms. The van der Waals surface area contributed by atoms with Gasteiger partial charge in [-0.3, -0.25) is 0 Å². The fourth-order valence-corrected chi connectivity index (χ4v) is 4.43. The highest BCUT2D eigenvalue weighted by Gasteiger charge is 2.32. The number of rotatable bonds is 5. The fraction of sp³-hybridized carbons (Fsp3) is 0.600. The molecule has 1 N–H and O–H groups in total. The SMILES string of the molecule is CCNC(C)C1CCCN(S(=O)(=O)c2cccc(F)c2)C1. The summed E-state index contributed by atoms with van der Waals surface area (Å²) >= 11 is 0. The number of halogens is 1. The van der Waals surface area contributed by atoms with Crippen molar-refractivity contribution in [1.29, 1.82) is 0 Å². The van der Waals surface area contributed by atoms with Crippen LogP contribution in [0.2, 0.25) is 0 Å². The summed E-state index contributed by atoms with van der Waals surface area (Å²) in [4.78, 5) is 0.0410. The number of piperidine rings is 1. The summed E-state index contributed by atoms with van der Waals surface area (Å²) < 4.78 is 40.0. The maximum atomic E-state index is 13.3. The normalized spacial score (nSPS) is 22.1. The van der Waals surface area contributed by atoms with Crippen LogP contribution in [0.1, 0.15) is 26.7 Å². The van der Waals surface area contributed by atoms with Gasteiger partial charge in [0.1, 0.15) is 5.82 Å². The van der Waals surface area contributed by atoms with E-state index < -0.39 is 15.8 Å². The predicted molar refractivity (Wildman–Crippen MR) is 81.0 cm³/mol. The van der Waals surface area contributed by atoms with Crippen LogP contribution in [-0.2, 0) is 10.0 Å². The lowest BCUT2D eigenvalue weighted by Gasteiger charge is -2.35. The molecule has 0 aromatic heterocycles. The maximum absolute atomic E-state index is 13.3. The fourth-order valence-electron chi connectivity index (χ4n) is 2.87. The third-order valence-electron chi connectivity index (χ3n) is 4.09. The van der Waals surface area contributed by atoms with Gasteiger partial charge in [0.25, 0.3) is 0 Å². The second-order valence-electron chi connectivity index (χ2n) is 5.57. The van der Waals surface area contributed by atoms with Crippen molar-refractivity contribution in [2.45, 2.75) is 37.6 Å². The molecule has 1 heterocycles. The highest BCUT2D eigenvalue weighted by molar-refractivity contribution is 7.89. The van der Waals surface area contributed by atoms with E-state index in [-0.39, 0.29) is 10.9 Å². The van der Waals surface area contributed by atoms with E-state index in [1.54, 1.807) is 0 Å². The van der Waals surface area contributed by atoms with Crippen LogP contribution in [-0.4, -0.2) is 38.4 Å². The summed E-state index contributed by atoms with van der Waals surface area (Å²) in [6.07, 6.45) is 1.86. The summed E-state index contributed by atoms with van der Waals surface area (Å²) in [7, 11) is -3.60. The predicted octanol–water partition coefficient (Wildman–Crippen LogP) is 2.22. The molecule has 0 radical (unpaired) electrons. The molecule has 1 aromatic carbocycles. The van der Waals surface area contributed by atoms with Crippen LogP contribution in [0.15, 0.2) is 29.2 Å². The molecule has 4 nitrogen and oxygen atoms in total. The molecule has 1 saturated heterocycles. The van der Waals surface area contributed by atoms with E-state index in [1.165, 1.54) is 22.5 Å². The van der Waals surface area contributed by atoms with Gasteiger partial charge in [0.15, 0.2) is 0 Å². The first-order valence-electron chi connectivity index (χ1n) is 7.44. The van der Waals surface area contributed by atoms with E-state index in [4.69, 9.17) is 0 Å². The van der Waals surface area contributed by atoms with E-state index in [9.17, 15) is 12.8 Å². The highest BCUT2D eigenvalue weighted by atomic mass is 32.2. The van der Waals surface area contributed by atoms with Crippen LogP contribution >= 0.6 is 0 Å². The average Bonchev–Trinajstić information content (AvgIpc) is 2.47. The first kappa shape index (κ1) is 16.4. The van der Waals surface area contributed by atoms with Crippen LogP contribution in [0, 0.1) is 11.7 Å². The Morgan fingerprint density at radius 2 is 2.24 bits per heavy atom. The summed E-state index contributed by atoms with van der Waals surface area (Å²) in [6.45, 7) is 6.00. The van der Waals surface area contributed by atoms with Gasteiger partial charge in [0, 0.05) is 19.1 Å². The number of hydrogen-bond donors (Lipinski definition) is 1. The Labute approximate surface area is 126 Å². The topological polar surface area (TPSA) is 49.4 Å². The van der Waals surface area contributed by atoms with Gasteiger partial charge in [-0.1, -0.05) is 13.0 Å². The molecule has 2 atom stereocenters. The van der Waals surface area contributed by atoms with Gasteiger partial charge >= 0.3 is 0 Å². The van der Waals surface area contributed by atoms with Crippen LogP contribution in [0.3, 0.4) is 0 Å². The van der Waals surface area contributed by atoms with Gasteiger partial charge in [-0.2, -0.15) is 4.31 Å². The minimum absolute atomic E-state index is 0.0410. The summed E-state index contributed by atoms with van der Waals surface area (Å²) in [5, 5.41) is 3.35. The van der Waals surface area contributed by atoms with Crippen molar-refractivity contribution in [1.82, 2.24) is 9.62 Å². The summed E-state index contributed by atoms with van der Waals surface area (Å²) in [5.41, 5.74) is 0. The molecule has 2 rings (SSSR count). The molecule has 1 aromatic rings. The molecule has 118 valence electrons. The van der Waals surface area contributed by atoms with Gasteiger partial charge in [0.05, 0.1) is 4.90 Å². The molecule has 1 aliphatic heterocycles. The first-order chi connectivity index (χ1) is 9.95. The van der Waals surface area contributed by atoms with Crippen molar-refractivity contribution in [2.75, 3.05) is 19.6 Å². The lowest BCUT2D eigenvalue weighted by atomic mass is 9.93. The van der Waals surface area contributed by atoms with E-state index in [0.717, 1.165) is 25.5 Å². The highest BCUT2D eigenvalue weighted by Crippen LogP contribution is 2.25. The van der Waals surface area contributed by atoms with Crippen molar-refractivity contribution in [3.8, 4) is 0 Å². The standard InChI is InChI=1S/C15H23FN2O2S/c1-3-17-12(2)13-6-5-9-18(11-13)21(19,20)15-8-4-7-14(16)10-15/h4,7-8,10,12-13,17H,3,5-6,9,11H2,1-2H3. The molecular weight excluding hydrogens is 291 g/mol. The van der Waals surface area contributed by atoms with Crippen LogP contribution < -0.4 is 5.32 Å². The number of nitrogens with one attached hydrogen (secondary N) is 1. The Hall–Kier alpha value is -0.980. The van der Waals surface area contributed by atoms with E-state index >= 15 is 0 Å². The Morgan fingerprint density at radius 1 is 1.48 bits per heavy atom. The molecule has 0 saturated carbocycles. The van der Waals surface area contributed by atoms with Crippen LogP contribution in [0.25, 0.3) is 0 Å². The molecule has 2 unspecified atom stereocenters. The van der Waals surface area contributed by atoms with Crippen molar-refractivity contribution in [3.63, 3.8) is 0 Å². The molecule has 0 amide bonds. The minimum atomic E-state index is -3.60. The van der Waals surface area contributed by atoms with Gasteiger partial charge in [0.2, 0.25) is 10.0 Å². The smallest absolute Gasteiger partial charge is 0.243 e. The lowest BCUT2D eigenvalue weighted by molar-refractivity contribution is 0.225. The second kappa shape index (κ2) is 6.85. The third-order valence-corrected chi connectivity index (χ3v) is 5.95. The number of hydrogen-bond acceptors (Lipinski definition) is 3. The monoisotopic (exact) mass is 314 g/mol. The van der Waals surface area contributed by atoms with Gasteiger partial charge in [-0.05, 0) is 50.4 Å². The van der Waals surface area contributed by atoms with Gasteiger partial charge in [-0.15, -0.1) is 0 Å². The number of benzene rings is 1. The Balaban J connectivity index is 2.16. The van der Waals surface area contributed by atoms with Crippen LogP contribution in [0.4, 0.5) is 4.39 Å². The summed E-state index contributed by atoms with van der Waals surface area (Å²) in [5.74, 6) is -0.229. The van der Waals surface area contributed by atoms with E-state index in [2.05, 4.69) is 12.2 Å². The van der Waals surface area contributed by atoms with Crippen molar-refractivity contribution < 1.29 is 12.8 Å². The molecule has 1 fully saturated rings. The average molecular weight is 314 g/mol. The minimum Gasteiger partial charge on any atom is -0.314 e. The molecule has 1 aliphatic rings. The Bertz CT molecular complexity index is 577. The van der Waals surface area contributed by atoms with E-state index in [0.29, 0.717) is 19.0 Å². The Kier molecular flexibility index (Phi) is 5.35. The Morgan fingerprint density at radius 3 is 2.90 bits per heavy atom. The van der Waals surface area contributed by atoms with Gasteiger partial charge < -0.3 is 5.32 Å². The first-order valence-corrected chi connectivity index (χ1v) is 8.88. The molecule has 0 bridgehead atoms.